The molecule has 3 aliphatic carbocycles. The Bertz CT molecular complexity index is 1160. The maximum absolute atomic E-state index is 13.4. The summed E-state index contributed by atoms with van der Waals surface area (Å²) in [4.78, 5) is 24.6. The summed E-state index contributed by atoms with van der Waals surface area (Å²) in [5.41, 5.74) is 7.42. The van der Waals surface area contributed by atoms with Crippen molar-refractivity contribution in [2.24, 2.45) is 18.9 Å². The van der Waals surface area contributed by atoms with Crippen molar-refractivity contribution in [2.45, 2.75) is 109 Å². The minimum Gasteiger partial charge on any atom is -0.481 e. The summed E-state index contributed by atoms with van der Waals surface area (Å²) in [6, 6.07) is 9.18. The molecule has 0 unspecified atom stereocenters. The Labute approximate surface area is 222 Å². The number of nitrogens with zero attached hydrogens (tertiary/aromatic N) is 1. The quantitative estimate of drug-likeness (QED) is 0.438. The van der Waals surface area contributed by atoms with Crippen molar-refractivity contribution in [2.75, 3.05) is 0 Å². The Balaban J connectivity index is 1.52. The lowest BCUT2D eigenvalue weighted by atomic mass is 9.80. The molecule has 2 aromatic rings. The van der Waals surface area contributed by atoms with Crippen LogP contribution in [0.4, 0.5) is 0 Å². The molecule has 0 saturated heterocycles. The summed E-state index contributed by atoms with van der Waals surface area (Å²) in [5.74, 6) is -0.529. The second-order valence-corrected chi connectivity index (χ2v) is 13.4. The monoisotopic (exact) mass is 504 g/mol. The largest absolute Gasteiger partial charge is 0.481 e. The highest BCUT2D eigenvalue weighted by Crippen LogP contribution is 2.49. The van der Waals surface area contributed by atoms with E-state index in [2.05, 4.69) is 61.8 Å². The lowest BCUT2D eigenvalue weighted by molar-refractivity contribution is -0.145. The molecule has 3 fully saturated rings. The molecule has 200 valence electrons. The van der Waals surface area contributed by atoms with Gasteiger partial charge in [-0.1, -0.05) is 78.0 Å². The molecule has 5 heteroatoms. The van der Waals surface area contributed by atoms with Gasteiger partial charge in [-0.3, -0.25) is 9.59 Å². The van der Waals surface area contributed by atoms with E-state index in [1.807, 2.05) is 7.05 Å². The zero-order valence-electron chi connectivity index (χ0n) is 23.3. The van der Waals surface area contributed by atoms with Gasteiger partial charge in [-0.05, 0) is 71.6 Å². The van der Waals surface area contributed by atoms with Crippen LogP contribution in [0.15, 0.2) is 24.3 Å². The summed E-state index contributed by atoms with van der Waals surface area (Å²) in [5, 5.41) is 12.3. The highest BCUT2D eigenvalue weighted by Gasteiger charge is 2.40. The molecule has 5 nitrogen and oxygen atoms in total. The number of hydrogen-bond donors (Lipinski definition) is 2. The van der Waals surface area contributed by atoms with Gasteiger partial charge in [0.1, 0.15) is 5.69 Å². The standard InChI is InChI=1S/C32H44N2O3/c1-31(2,3)23-14-21(15-24(18-23)32(4)11-12-32)26-19-28(29(35)33-25-16-22(17-25)30(36)37)34(5)27(26)13-20-9-7-6-8-10-20/h14-15,18-20,22,25H,6-13,16-17H2,1-5H3,(H,33,35)(H,36,37). The van der Waals surface area contributed by atoms with E-state index in [-0.39, 0.29) is 28.7 Å². The highest BCUT2D eigenvalue weighted by atomic mass is 16.4. The molecule has 37 heavy (non-hydrogen) atoms. The minimum atomic E-state index is -0.764. The molecule has 3 saturated carbocycles. The van der Waals surface area contributed by atoms with E-state index in [0.717, 1.165) is 6.42 Å². The lowest BCUT2D eigenvalue weighted by Gasteiger charge is -2.32. The molecule has 0 aliphatic heterocycles. The van der Waals surface area contributed by atoms with E-state index in [4.69, 9.17) is 0 Å². The van der Waals surface area contributed by atoms with E-state index < -0.39 is 5.97 Å². The predicted octanol–water partition coefficient (Wildman–Crippen LogP) is 6.76. The first-order chi connectivity index (χ1) is 17.4. The predicted molar refractivity (Wildman–Crippen MR) is 148 cm³/mol. The number of amides is 1. The van der Waals surface area contributed by atoms with Gasteiger partial charge in [-0.2, -0.15) is 0 Å². The van der Waals surface area contributed by atoms with Crippen LogP contribution in [0.5, 0.6) is 0 Å². The fourth-order valence-electron chi connectivity index (χ4n) is 6.26. The second-order valence-electron chi connectivity index (χ2n) is 13.4. The van der Waals surface area contributed by atoms with Crippen LogP contribution in [0.1, 0.15) is 113 Å². The SMILES string of the molecule is Cn1c(C(=O)NC2CC(C(=O)O)C2)cc(-c2cc(C(C)(C)C)cc(C3(C)CC3)c2)c1CC1CCCCC1. The van der Waals surface area contributed by atoms with Crippen molar-refractivity contribution in [1.82, 2.24) is 9.88 Å². The molecule has 1 aromatic carbocycles. The summed E-state index contributed by atoms with van der Waals surface area (Å²) < 4.78 is 2.12. The van der Waals surface area contributed by atoms with Crippen molar-refractivity contribution >= 4 is 11.9 Å². The molecule has 0 radical (unpaired) electrons. The summed E-state index contributed by atoms with van der Waals surface area (Å²) in [6.45, 7) is 9.21. The second kappa shape index (κ2) is 9.63. The van der Waals surface area contributed by atoms with Crippen molar-refractivity contribution < 1.29 is 14.7 Å². The Morgan fingerprint density at radius 3 is 2.32 bits per heavy atom. The van der Waals surface area contributed by atoms with Crippen LogP contribution in [0.2, 0.25) is 0 Å². The van der Waals surface area contributed by atoms with Crippen LogP contribution in [0.25, 0.3) is 11.1 Å². The molecular weight excluding hydrogens is 460 g/mol. The fraction of sp³-hybridized carbons (Fsp3) is 0.625. The van der Waals surface area contributed by atoms with Gasteiger partial charge in [0.2, 0.25) is 0 Å². The molecule has 5 rings (SSSR count). The van der Waals surface area contributed by atoms with Gasteiger partial charge in [0, 0.05) is 24.3 Å². The topological polar surface area (TPSA) is 71.3 Å². The highest BCUT2D eigenvalue weighted by molar-refractivity contribution is 5.95. The zero-order chi connectivity index (χ0) is 26.5. The number of hydrogen-bond acceptors (Lipinski definition) is 2. The average molecular weight is 505 g/mol. The Morgan fingerprint density at radius 1 is 1.05 bits per heavy atom. The molecular formula is C32H44N2O3. The van der Waals surface area contributed by atoms with Gasteiger partial charge in [0.25, 0.3) is 5.91 Å². The number of benzene rings is 1. The van der Waals surface area contributed by atoms with Gasteiger partial charge < -0.3 is 15.0 Å². The fourth-order valence-corrected chi connectivity index (χ4v) is 6.26. The van der Waals surface area contributed by atoms with Crippen molar-refractivity contribution in [3.05, 3.63) is 46.8 Å². The van der Waals surface area contributed by atoms with Crippen molar-refractivity contribution in [1.29, 1.82) is 0 Å². The van der Waals surface area contributed by atoms with Gasteiger partial charge in [0.15, 0.2) is 0 Å². The van der Waals surface area contributed by atoms with E-state index in [1.54, 1.807) is 0 Å². The first-order valence-corrected chi connectivity index (χ1v) is 14.3. The zero-order valence-corrected chi connectivity index (χ0v) is 23.3. The van der Waals surface area contributed by atoms with Crippen LogP contribution in [0.3, 0.4) is 0 Å². The van der Waals surface area contributed by atoms with Gasteiger partial charge in [-0.15, -0.1) is 0 Å². The number of carboxylic acids is 1. The number of aliphatic carboxylic acids is 1. The third-order valence-corrected chi connectivity index (χ3v) is 9.43. The van der Waals surface area contributed by atoms with Crippen LogP contribution in [-0.2, 0) is 29.1 Å². The summed E-state index contributed by atoms with van der Waals surface area (Å²) in [7, 11) is 2.04. The van der Waals surface area contributed by atoms with Crippen LogP contribution < -0.4 is 5.32 Å². The Hall–Kier alpha value is -2.56. The molecule has 1 amide bonds. The van der Waals surface area contributed by atoms with Crippen LogP contribution in [0, 0.1) is 11.8 Å². The summed E-state index contributed by atoms with van der Waals surface area (Å²) in [6.07, 6.45) is 10.9. The van der Waals surface area contributed by atoms with E-state index in [1.165, 1.54) is 72.9 Å². The minimum absolute atomic E-state index is 0.0411. The number of aromatic nitrogens is 1. The van der Waals surface area contributed by atoms with E-state index >= 15 is 0 Å². The summed E-state index contributed by atoms with van der Waals surface area (Å²) >= 11 is 0. The first kappa shape index (κ1) is 26.1. The molecule has 0 atom stereocenters. The number of nitrogens with one attached hydrogen (secondary N) is 1. The maximum atomic E-state index is 13.4. The smallest absolute Gasteiger partial charge is 0.306 e. The van der Waals surface area contributed by atoms with Crippen molar-refractivity contribution in [3.63, 3.8) is 0 Å². The van der Waals surface area contributed by atoms with Crippen molar-refractivity contribution in [3.8, 4) is 11.1 Å². The lowest BCUT2D eigenvalue weighted by Crippen LogP contribution is -2.47. The van der Waals surface area contributed by atoms with Gasteiger partial charge >= 0.3 is 5.97 Å². The maximum Gasteiger partial charge on any atom is 0.306 e. The third-order valence-electron chi connectivity index (χ3n) is 9.43. The Kier molecular flexibility index (Phi) is 6.79. The average Bonchev–Trinajstić information content (AvgIpc) is 3.50. The molecule has 1 aromatic heterocycles. The number of carboxylic acid groups (broad SMARTS) is 1. The van der Waals surface area contributed by atoms with Crippen LogP contribution in [-0.4, -0.2) is 27.6 Å². The van der Waals surface area contributed by atoms with Gasteiger partial charge in [-0.25, -0.2) is 0 Å². The van der Waals surface area contributed by atoms with Crippen LogP contribution >= 0.6 is 0 Å². The van der Waals surface area contributed by atoms with Gasteiger partial charge in [0.05, 0.1) is 5.92 Å². The first-order valence-electron chi connectivity index (χ1n) is 14.3. The molecule has 0 bridgehead atoms. The number of carbonyl (C=O) groups excluding carboxylic acids is 1. The number of rotatable bonds is 7. The van der Waals surface area contributed by atoms with E-state index in [0.29, 0.717) is 24.5 Å². The number of carbonyl (C=O) groups is 2. The normalized spacial score (nSPS) is 23.4. The molecule has 0 spiro atoms. The molecule has 2 N–H and O–H groups in total. The third kappa shape index (κ3) is 5.37. The molecule has 1 heterocycles. The molecule has 3 aliphatic rings. The Morgan fingerprint density at radius 2 is 1.73 bits per heavy atom. The van der Waals surface area contributed by atoms with E-state index in [9.17, 15) is 14.7 Å².